The molecule has 2 aromatic carbocycles. The topological polar surface area (TPSA) is 58.2 Å². The van der Waals surface area contributed by atoms with Crippen LogP contribution in [0.4, 0.5) is 0 Å². The van der Waals surface area contributed by atoms with Gasteiger partial charge in [0, 0.05) is 23.4 Å². The third-order valence-corrected chi connectivity index (χ3v) is 5.04. The predicted molar refractivity (Wildman–Crippen MR) is 107 cm³/mol. The quantitative estimate of drug-likeness (QED) is 0.498. The minimum Gasteiger partial charge on any atom is -0.356 e. The Labute approximate surface area is 163 Å². The summed E-state index contributed by atoms with van der Waals surface area (Å²) < 4.78 is 0. The van der Waals surface area contributed by atoms with Crippen molar-refractivity contribution in [1.82, 2.24) is 10.6 Å². The molecule has 2 rings (SSSR count). The molecule has 0 saturated heterocycles. The van der Waals surface area contributed by atoms with E-state index in [2.05, 4.69) is 22.8 Å². The second kappa shape index (κ2) is 10.9. The van der Waals surface area contributed by atoms with E-state index in [1.165, 1.54) is 11.8 Å². The number of carbonyl (C=O) groups is 2. The van der Waals surface area contributed by atoms with Crippen LogP contribution in [0.1, 0.15) is 31.4 Å². The van der Waals surface area contributed by atoms with E-state index in [1.54, 1.807) is 23.9 Å². The number of rotatable bonds is 9. The smallest absolute Gasteiger partial charge is 0.222 e. The fourth-order valence-corrected chi connectivity index (χ4v) is 3.46. The van der Waals surface area contributed by atoms with Gasteiger partial charge < -0.3 is 10.6 Å². The summed E-state index contributed by atoms with van der Waals surface area (Å²) in [6.45, 7) is 2.06. The van der Waals surface area contributed by atoms with Gasteiger partial charge >= 0.3 is 0 Å². The van der Waals surface area contributed by atoms with Crippen molar-refractivity contribution in [2.45, 2.75) is 30.7 Å². The van der Waals surface area contributed by atoms with Gasteiger partial charge in [0.15, 0.2) is 0 Å². The predicted octanol–water partition coefficient (Wildman–Crippen LogP) is 4.21. The molecule has 0 aliphatic rings. The van der Waals surface area contributed by atoms with Crippen LogP contribution in [0, 0.1) is 0 Å². The molecule has 0 saturated carbocycles. The molecular formula is C20H23ClN2O2S. The molecule has 6 heteroatoms. The Bertz CT molecular complexity index is 708. The molecule has 0 aliphatic carbocycles. The molecule has 1 atom stereocenters. The van der Waals surface area contributed by atoms with E-state index in [4.69, 9.17) is 11.6 Å². The van der Waals surface area contributed by atoms with Gasteiger partial charge in [-0.15, -0.1) is 11.8 Å². The molecule has 2 N–H and O–H groups in total. The zero-order chi connectivity index (χ0) is 18.8. The van der Waals surface area contributed by atoms with Gasteiger partial charge in [0.1, 0.15) is 0 Å². The number of nitrogens with one attached hydrogen (secondary N) is 2. The highest BCUT2D eigenvalue weighted by molar-refractivity contribution is 7.99. The minimum atomic E-state index is -0.358. The average Bonchev–Trinajstić information content (AvgIpc) is 2.62. The Morgan fingerprint density at radius 1 is 1.08 bits per heavy atom. The van der Waals surface area contributed by atoms with E-state index in [0.717, 1.165) is 17.7 Å². The molecule has 0 aliphatic heterocycles. The van der Waals surface area contributed by atoms with E-state index in [-0.39, 0.29) is 24.3 Å². The van der Waals surface area contributed by atoms with Crippen LogP contribution in [-0.2, 0) is 9.59 Å². The summed E-state index contributed by atoms with van der Waals surface area (Å²) in [6.07, 6.45) is 1.09. The number of benzene rings is 2. The summed E-state index contributed by atoms with van der Waals surface area (Å²) in [5.74, 6) is 0.691. The van der Waals surface area contributed by atoms with E-state index in [1.807, 2.05) is 30.3 Å². The Balaban J connectivity index is 1.76. The second-order valence-corrected chi connectivity index (χ2v) is 7.48. The summed E-state index contributed by atoms with van der Waals surface area (Å²) in [6, 6.07) is 17.0. The van der Waals surface area contributed by atoms with Crippen LogP contribution in [0.5, 0.6) is 0 Å². The number of hydrogen-bond acceptors (Lipinski definition) is 3. The van der Waals surface area contributed by atoms with Crippen LogP contribution >= 0.6 is 23.4 Å². The summed E-state index contributed by atoms with van der Waals surface area (Å²) in [7, 11) is 0. The first-order valence-electron chi connectivity index (χ1n) is 8.51. The average molecular weight is 391 g/mol. The maximum absolute atomic E-state index is 12.2. The van der Waals surface area contributed by atoms with Crippen molar-refractivity contribution in [3.8, 4) is 0 Å². The van der Waals surface area contributed by atoms with Crippen LogP contribution in [0.25, 0.3) is 0 Å². The molecule has 138 valence electrons. The molecule has 2 aromatic rings. The third kappa shape index (κ3) is 7.50. The van der Waals surface area contributed by atoms with Gasteiger partial charge in [-0.1, -0.05) is 41.9 Å². The van der Waals surface area contributed by atoms with Gasteiger partial charge in [0.05, 0.1) is 12.5 Å². The van der Waals surface area contributed by atoms with E-state index >= 15 is 0 Å². The molecule has 0 heterocycles. The number of amides is 2. The van der Waals surface area contributed by atoms with Crippen molar-refractivity contribution in [3.63, 3.8) is 0 Å². The zero-order valence-corrected chi connectivity index (χ0v) is 16.3. The van der Waals surface area contributed by atoms with Crippen LogP contribution in [0.2, 0.25) is 5.02 Å². The van der Waals surface area contributed by atoms with Gasteiger partial charge in [0.25, 0.3) is 0 Å². The molecule has 0 fully saturated rings. The first kappa shape index (κ1) is 20.3. The Morgan fingerprint density at radius 3 is 2.42 bits per heavy atom. The third-order valence-electron chi connectivity index (χ3n) is 3.69. The fourth-order valence-electron chi connectivity index (χ4n) is 2.46. The lowest BCUT2D eigenvalue weighted by Crippen LogP contribution is -2.33. The first-order valence-corrected chi connectivity index (χ1v) is 9.88. The van der Waals surface area contributed by atoms with Crippen LogP contribution in [-0.4, -0.2) is 24.1 Å². The van der Waals surface area contributed by atoms with Crippen molar-refractivity contribution in [2.75, 3.05) is 12.3 Å². The molecule has 0 aromatic heterocycles. The van der Waals surface area contributed by atoms with Crippen molar-refractivity contribution in [1.29, 1.82) is 0 Å². The standard InChI is InChI=1S/C20H23ClN2O2S/c1-15(24)23-19(16-8-10-17(21)11-9-16)14-20(25)22-12-5-13-26-18-6-3-2-4-7-18/h2-4,6-11,19H,5,12-14H2,1H3,(H,22,25)(H,23,24). The zero-order valence-electron chi connectivity index (χ0n) is 14.7. The molecule has 0 bridgehead atoms. The highest BCUT2D eigenvalue weighted by Gasteiger charge is 2.16. The van der Waals surface area contributed by atoms with Gasteiger partial charge in [-0.05, 0) is 42.0 Å². The van der Waals surface area contributed by atoms with E-state index in [0.29, 0.717) is 11.6 Å². The molecular weight excluding hydrogens is 368 g/mol. The molecule has 1 unspecified atom stereocenters. The summed E-state index contributed by atoms with van der Waals surface area (Å²) in [5.41, 5.74) is 0.861. The number of halogens is 1. The molecule has 0 radical (unpaired) electrons. The summed E-state index contributed by atoms with van der Waals surface area (Å²) in [5, 5.41) is 6.37. The lowest BCUT2D eigenvalue weighted by atomic mass is 10.0. The van der Waals surface area contributed by atoms with Crippen LogP contribution in [0.3, 0.4) is 0 Å². The number of thioether (sulfide) groups is 1. The Kier molecular flexibility index (Phi) is 8.51. The summed E-state index contributed by atoms with van der Waals surface area (Å²) in [4.78, 5) is 24.9. The molecule has 2 amide bonds. The van der Waals surface area contributed by atoms with E-state index in [9.17, 15) is 9.59 Å². The lowest BCUT2D eigenvalue weighted by molar-refractivity contribution is -0.122. The first-order chi connectivity index (χ1) is 12.5. The molecule has 26 heavy (non-hydrogen) atoms. The van der Waals surface area contributed by atoms with E-state index < -0.39 is 0 Å². The maximum atomic E-state index is 12.2. The van der Waals surface area contributed by atoms with Crippen molar-refractivity contribution < 1.29 is 9.59 Å². The highest BCUT2D eigenvalue weighted by Crippen LogP contribution is 2.20. The second-order valence-electron chi connectivity index (χ2n) is 5.87. The lowest BCUT2D eigenvalue weighted by Gasteiger charge is -2.18. The fraction of sp³-hybridized carbons (Fsp3) is 0.300. The van der Waals surface area contributed by atoms with Crippen LogP contribution < -0.4 is 10.6 Å². The Hall–Kier alpha value is -1.98. The van der Waals surface area contributed by atoms with Gasteiger partial charge in [-0.3, -0.25) is 9.59 Å². The van der Waals surface area contributed by atoms with Crippen LogP contribution in [0.15, 0.2) is 59.5 Å². The minimum absolute atomic E-state index is 0.0802. The normalized spacial score (nSPS) is 11.6. The Morgan fingerprint density at radius 2 is 1.77 bits per heavy atom. The van der Waals surface area contributed by atoms with Gasteiger partial charge in [-0.2, -0.15) is 0 Å². The van der Waals surface area contributed by atoms with Crippen molar-refractivity contribution >= 4 is 35.2 Å². The maximum Gasteiger partial charge on any atom is 0.222 e. The van der Waals surface area contributed by atoms with Crippen molar-refractivity contribution in [2.24, 2.45) is 0 Å². The summed E-state index contributed by atoms with van der Waals surface area (Å²) >= 11 is 7.67. The van der Waals surface area contributed by atoms with Crippen molar-refractivity contribution in [3.05, 3.63) is 65.2 Å². The SMILES string of the molecule is CC(=O)NC(CC(=O)NCCCSc1ccccc1)c1ccc(Cl)cc1. The monoisotopic (exact) mass is 390 g/mol. The molecule has 4 nitrogen and oxygen atoms in total. The largest absolute Gasteiger partial charge is 0.356 e. The number of hydrogen-bond donors (Lipinski definition) is 2. The number of carbonyl (C=O) groups excluding carboxylic acids is 2. The van der Waals surface area contributed by atoms with Gasteiger partial charge in [-0.25, -0.2) is 0 Å². The highest BCUT2D eigenvalue weighted by atomic mass is 35.5. The van der Waals surface area contributed by atoms with Gasteiger partial charge in [0.2, 0.25) is 11.8 Å². The molecule has 0 spiro atoms.